The van der Waals surface area contributed by atoms with Gasteiger partial charge < -0.3 is 5.11 Å². The Labute approximate surface area is 110 Å². The van der Waals surface area contributed by atoms with Crippen LogP contribution in [-0.2, 0) is 7.05 Å². The minimum Gasteiger partial charge on any atom is -0.478 e. The zero-order valence-corrected chi connectivity index (χ0v) is 11.3. The van der Waals surface area contributed by atoms with E-state index < -0.39 is 5.97 Å². The molecule has 1 N–H and O–H groups in total. The summed E-state index contributed by atoms with van der Waals surface area (Å²) < 4.78 is 1.76. The molecule has 0 saturated heterocycles. The predicted octanol–water partition coefficient (Wildman–Crippen LogP) is 2.89. The van der Waals surface area contributed by atoms with Gasteiger partial charge in [0.2, 0.25) is 0 Å². The summed E-state index contributed by atoms with van der Waals surface area (Å²) in [6.45, 7) is 3.80. The lowest BCUT2D eigenvalue weighted by Gasteiger charge is -2.06. The van der Waals surface area contributed by atoms with Gasteiger partial charge in [-0.25, -0.2) is 4.79 Å². The first kappa shape index (κ1) is 12.7. The molecule has 0 unspecified atom stereocenters. The Hall–Kier alpha value is -1.75. The summed E-state index contributed by atoms with van der Waals surface area (Å²) in [6.07, 6.45) is 0. The zero-order valence-electron chi connectivity index (χ0n) is 10.5. The molecule has 0 aliphatic heterocycles. The highest BCUT2D eigenvalue weighted by molar-refractivity contribution is 7.99. The Morgan fingerprint density at radius 3 is 2.61 bits per heavy atom. The lowest BCUT2D eigenvalue weighted by Crippen LogP contribution is -2.00. The lowest BCUT2D eigenvalue weighted by atomic mass is 10.1. The molecule has 0 fully saturated rings. The predicted molar refractivity (Wildman–Crippen MR) is 70.2 cm³/mol. The van der Waals surface area contributed by atoms with Crippen LogP contribution in [0, 0.1) is 13.8 Å². The Kier molecular flexibility index (Phi) is 3.43. The highest BCUT2D eigenvalue weighted by Gasteiger charge is 2.13. The molecule has 18 heavy (non-hydrogen) atoms. The molecule has 0 aliphatic rings. The molecule has 94 valence electrons. The normalized spacial score (nSPS) is 10.6. The van der Waals surface area contributed by atoms with Gasteiger partial charge in [0.05, 0.1) is 16.3 Å². The van der Waals surface area contributed by atoms with E-state index in [-0.39, 0.29) is 0 Å². The fourth-order valence-corrected chi connectivity index (χ4v) is 2.72. The molecule has 1 aromatic carbocycles. The second-order valence-corrected chi connectivity index (χ2v) is 5.22. The molecule has 0 aliphatic carbocycles. The number of nitrogens with zero attached hydrogens (tertiary/aromatic N) is 2. The van der Waals surface area contributed by atoms with Crippen LogP contribution in [0.2, 0.25) is 0 Å². The first-order valence-electron chi connectivity index (χ1n) is 5.50. The van der Waals surface area contributed by atoms with Crippen LogP contribution in [0.3, 0.4) is 0 Å². The van der Waals surface area contributed by atoms with E-state index in [0.29, 0.717) is 5.56 Å². The largest absolute Gasteiger partial charge is 0.478 e. The van der Waals surface area contributed by atoms with Crippen molar-refractivity contribution in [3.63, 3.8) is 0 Å². The molecule has 0 spiro atoms. The number of aromatic nitrogens is 2. The molecule has 1 heterocycles. The summed E-state index contributed by atoms with van der Waals surface area (Å²) >= 11 is 1.42. The van der Waals surface area contributed by atoms with Crippen LogP contribution in [0.1, 0.15) is 21.6 Å². The highest BCUT2D eigenvalue weighted by atomic mass is 32.2. The smallest absolute Gasteiger partial charge is 0.336 e. The second kappa shape index (κ2) is 4.86. The molecule has 0 amide bonds. The minimum absolute atomic E-state index is 0.332. The summed E-state index contributed by atoms with van der Waals surface area (Å²) in [7, 11) is 1.85. The van der Waals surface area contributed by atoms with Crippen LogP contribution in [-0.4, -0.2) is 20.9 Å². The Balaban J connectivity index is 2.40. The van der Waals surface area contributed by atoms with Gasteiger partial charge in [0.1, 0.15) is 0 Å². The van der Waals surface area contributed by atoms with Gasteiger partial charge in [-0.05, 0) is 32.0 Å². The molecule has 2 aromatic rings. The van der Waals surface area contributed by atoms with E-state index in [1.807, 2.05) is 39.1 Å². The molecule has 5 heteroatoms. The van der Waals surface area contributed by atoms with Crippen molar-refractivity contribution in [2.24, 2.45) is 7.05 Å². The quantitative estimate of drug-likeness (QED) is 0.924. The lowest BCUT2D eigenvalue weighted by molar-refractivity contribution is 0.0693. The van der Waals surface area contributed by atoms with Gasteiger partial charge in [0.25, 0.3) is 0 Å². The average molecular weight is 262 g/mol. The monoisotopic (exact) mass is 262 g/mol. The van der Waals surface area contributed by atoms with Gasteiger partial charge >= 0.3 is 5.97 Å². The van der Waals surface area contributed by atoms with Crippen molar-refractivity contribution in [1.82, 2.24) is 9.78 Å². The van der Waals surface area contributed by atoms with E-state index in [1.54, 1.807) is 10.7 Å². The summed E-state index contributed by atoms with van der Waals surface area (Å²) in [4.78, 5) is 12.0. The zero-order chi connectivity index (χ0) is 13.3. The van der Waals surface area contributed by atoms with E-state index in [4.69, 9.17) is 0 Å². The van der Waals surface area contributed by atoms with E-state index in [0.717, 1.165) is 21.2 Å². The SMILES string of the molecule is Cc1ccc(Sc2cc(C)nn2C)c(C(=O)O)c1. The van der Waals surface area contributed by atoms with E-state index in [2.05, 4.69) is 5.10 Å². The number of hydrogen-bond acceptors (Lipinski definition) is 3. The van der Waals surface area contributed by atoms with Crippen molar-refractivity contribution in [2.75, 3.05) is 0 Å². The molecule has 1 aromatic heterocycles. The van der Waals surface area contributed by atoms with Crippen molar-refractivity contribution in [2.45, 2.75) is 23.8 Å². The Morgan fingerprint density at radius 1 is 1.33 bits per heavy atom. The number of carboxylic acid groups (broad SMARTS) is 1. The van der Waals surface area contributed by atoms with Crippen LogP contribution < -0.4 is 0 Å². The molecule has 0 atom stereocenters. The van der Waals surface area contributed by atoms with Gasteiger partial charge in [-0.1, -0.05) is 23.4 Å². The maximum atomic E-state index is 11.2. The maximum Gasteiger partial charge on any atom is 0.336 e. The third kappa shape index (κ3) is 2.56. The van der Waals surface area contributed by atoms with Gasteiger partial charge in [0.15, 0.2) is 0 Å². The van der Waals surface area contributed by atoms with Crippen LogP contribution in [0.5, 0.6) is 0 Å². The number of aromatic carboxylic acids is 1. The van der Waals surface area contributed by atoms with Crippen LogP contribution in [0.15, 0.2) is 34.2 Å². The molecule has 0 bridgehead atoms. The van der Waals surface area contributed by atoms with Crippen LogP contribution >= 0.6 is 11.8 Å². The third-order valence-corrected chi connectivity index (χ3v) is 3.71. The molecule has 4 nitrogen and oxygen atoms in total. The van der Waals surface area contributed by atoms with Gasteiger partial charge in [-0.15, -0.1) is 0 Å². The van der Waals surface area contributed by atoms with E-state index >= 15 is 0 Å². The first-order chi connectivity index (χ1) is 8.47. The minimum atomic E-state index is -0.903. The van der Waals surface area contributed by atoms with Gasteiger partial charge in [0, 0.05) is 11.9 Å². The number of benzene rings is 1. The van der Waals surface area contributed by atoms with Crippen molar-refractivity contribution in [1.29, 1.82) is 0 Å². The van der Waals surface area contributed by atoms with Crippen molar-refractivity contribution in [3.05, 3.63) is 41.1 Å². The highest BCUT2D eigenvalue weighted by Crippen LogP contribution is 2.31. The molecule has 0 saturated carbocycles. The summed E-state index contributed by atoms with van der Waals surface area (Å²) in [6, 6.07) is 7.38. The first-order valence-corrected chi connectivity index (χ1v) is 6.31. The number of carbonyl (C=O) groups is 1. The average Bonchev–Trinajstić information content (AvgIpc) is 2.60. The Bertz CT molecular complexity index is 605. The molecule has 2 rings (SSSR count). The topological polar surface area (TPSA) is 55.1 Å². The molecular formula is C13H14N2O2S. The second-order valence-electron chi connectivity index (χ2n) is 4.15. The fraction of sp³-hybridized carbons (Fsp3) is 0.231. The molecule has 0 radical (unpaired) electrons. The van der Waals surface area contributed by atoms with Crippen LogP contribution in [0.4, 0.5) is 0 Å². The van der Waals surface area contributed by atoms with Crippen molar-refractivity contribution < 1.29 is 9.90 Å². The summed E-state index contributed by atoms with van der Waals surface area (Å²) in [5.41, 5.74) is 2.20. The van der Waals surface area contributed by atoms with Gasteiger partial charge in [-0.2, -0.15) is 5.10 Å². The van der Waals surface area contributed by atoms with E-state index in [1.165, 1.54) is 11.8 Å². The summed E-state index contributed by atoms with van der Waals surface area (Å²) in [5.74, 6) is -0.903. The number of aryl methyl sites for hydroxylation is 3. The van der Waals surface area contributed by atoms with Gasteiger partial charge in [-0.3, -0.25) is 4.68 Å². The Morgan fingerprint density at radius 2 is 2.06 bits per heavy atom. The standard InChI is InChI=1S/C13H14N2O2S/c1-8-4-5-11(10(6-8)13(16)17)18-12-7-9(2)14-15(12)3/h4-7H,1-3H3,(H,16,17). The van der Waals surface area contributed by atoms with Crippen molar-refractivity contribution in [3.8, 4) is 0 Å². The van der Waals surface area contributed by atoms with E-state index in [9.17, 15) is 9.90 Å². The fourth-order valence-electron chi connectivity index (χ4n) is 1.69. The maximum absolute atomic E-state index is 11.2. The number of carboxylic acids is 1. The number of hydrogen-bond donors (Lipinski definition) is 1. The van der Waals surface area contributed by atoms with Crippen molar-refractivity contribution >= 4 is 17.7 Å². The third-order valence-electron chi connectivity index (χ3n) is 2.54. The number of rotatable bonds is 3. The summed E-state index contributed by atoms with van der Waals surface area (Å²) in [5, 5.41) is 14.4. The molecular weight excluding hydrogens is 248 g/mol. The van der Waals surface area contributed by atoms with Crippen LogP contribution in [0.25, 0.3) is 0 Å².